The largest absolute Gasteiger partial charge is 0.496 e. The lowest BCUT2D eigenvalue weighted by Gasteiger charge is -2.18. The highest BCUT2D eigenvalue weighted by Gasteiger charge is 2.19. The third-order valence-electron chi connectivity index (χ3n) is 4.85. The van der Waals surface area contributed by atoms with Gasteiger partial charge < -0.3 is 19.3 Å². The van der Waals surface area contributed by atoms with E-state index in [4.69, 9.17) is 9.47 Å². The standard InChI is InChI=1S/C22H20F2N4O4/c1-30-18-5-3-2-4-17(18)15(12-29)13-31-20-11-25-10-19-26-27-21(28(19)20)14-6-8-16(9-7-14)32-22(23)24/h2-11,15,22,29H,12-13H2,1H3. The van der Waals surface area contributed by atoms with E-state index in [2.05, 4.69) is 19.9 Å². The zero-order chi connectivity index (χ0) is 22.5. The van der Waals surface area contributed by atoms with E-state index in [1.807, 2.05) is 24.3 Å². The van der Waals surface area contributed by atoms with Crippen LogP contribution in [0.3, 0.4) is 0 Å². The maximum absolute atomic E-state index is 12.4. The number of para-hydroxylation sites is 1. The van der Waals surface area contributed by atoms with E-state index in [0.29, 0.717) is 28.7 Å². The Kier molecular flexibility index (Phi) is 6.41. The number of halogens is 2. The first-order valence-electron chi connectivity index (χ1n) is 9.71. The molecule has 0 radical (unpaired) electrons. The zero-order valence-electron chi connectivity index (χ0n) is 17.1. The highest BCUT2D eigenvalue weighted by atomic mass is 19.3. The molecule has 1 atom stereocenters. The second-order valence-corrected chi connectivity index (χ2v) is 6.80. The maximum atomic E-state index is 12.4. The van der Waals surface area contributed by atoms with Crippen LogP contribution in [0, 0.1) is 0 Å². The number of rotatable bonds is 9. The fraction of sp³-hybridized carbons (Fsp3) is 0.227. The summed E-state index contributed by atoms with van der Waals surface area (Å²) in [4.78, 5) is 4.14. The van der Waals surface area contributed by atoms with Crippen LogP contribution < -0.4 is 14.2 Å². The van der Waals surface area contributed by atoms with Gasteiger partial charge in [-0.2, -0.15) is 8.78 Å². The van der Waals surface area contributed by atoms with Gasteiger partial charge in [0.25, 0.3) is 0 Å². The van der Waals surface area contributed by atoms with Crippen molar-refractivity contribution in [3.05, 3.63) is 66.5 Å². The predicted molar refractivity (Wildman–Crippen MR) is 111 cm³/mol. The lowest BCUT2D eigenvalue weighted by Crippen LogP contribution is -2.16. The Labute approximate surface area is 182 Å². The van der Waals surface area contributed by atoms with Gasteiger partial charge in [0.1, 0.15) is 11.5 Å². The van der Waals surface area contributed by atoms with Crippen molar-refractivity contribution in [1.82, 2.24) is 19.6 Å². The van der Waals surface area contributed by atoms with Gasteiger partial charge in [-0.1, -0.05) is 18.2 Å². The summed E-state index contributed by atoms with van der Waals surface area (Å²) in [5, 5.41) is 18.2. The van der Waals surface area contributed by atoms with Crippen molar-refractivity contribution in [3.8, 4) is 28.8 Å². The Bertz CT molecular complexity index is 1180. The molecule has 0 aliphatic heterocycles. The number of methoxy groups -OCH3 is 1. The van der Waals surface area contributed by atoms with E-state index in [9.17, 15) is 13.9 Å². The molecule has 2 heterocycles. The highest BCUT2D eigenvalue weighted by Crippen LogP contribution is 2.29. The topological polar surface area (TPSA) is 91.0 Å². The molecule has 10 heteroatoms. The van der Waals surface area contributed by atoms with Crippen molar-refractivity contribution in [2.45, 2.75) is 12.5 Å². The van der Waals surface area contributed by atoms with E-state index >= 15 is 0 Å². The van der Waals surface area contributed by atoms with E-state index in [1.165, 1.54) is 24.5 Å². The summed E-state index contributed by atoms with van der Waals surface area (Å²) in [6.07, 6.45) is 3.05. The van der Waals surface area contributed by atoms with Crippen LogP contribution in [0.4, 0.5) is 8.78 Å². The van der Waals surface area contributed by atoms with E-state index in [-0.39, 0.29) is 24.9 Å². The Morgan fingerprint density at radius 3 is 2.53 bits per heavy atom. The smallest absolute Gasteiger partial charge is 0.387 e. The van der Waals surface area contributed by atoms with Crippen molar-refractivity contribution in [3.63, 3.8) is 0 Å². The molecule has 0 saturated heterocycles. The van der Waals surface area contributed by atoms with Crippen LogP contribution in [0.2, 0.25) is 0 Å². The van der Waals surface area contributed by atoms with E-state index in [0.717, 1.165) is 5.56 Å². The van der Waals surface area contributed by atoms with Gasteiger partial charge in [0.05, 0.1) is 32.7 Å². The van der Waals surface area contributed by atoms with Gasteiger partial charge in [-0.15, -0.1) is 10.2 Å². The first-order valence-corrected chi connectivity index (χ1v) is 9.71. The third kappa shape index (κ3) is 4.45. The molecule has 4 rings (SSSR count). The molecular weight excluding hydrogens is 422 g/mol. The molecule has 2 aromatic carbocycles. The minimum atomic E-state index is -2.90. The molecule has 0 saturated carbocycles. The molecule has 1 unspecified atom stereocenters. The Balaban J connectivity index is 1.62. The summed E-state index contributed by atoms with van der Waals surface area (Å²) in [7, 11) is 1.57. The minimum absolute atomic E-state index is 0.0401. The number of nitrogens with zero attached hydrogens (tertiary/aromatic N) is 4. The highest BCUT2D eigenvalue weighted by molar-refractivity contribution is 5.61. The number of alkyl halides is 2. The van der Waals surface area contributed by atoms with Crippen molar-refractivity contribution in [2.75, 3.05) is 20.3 Å². The van der Waals surface area contributed by atoms with Crippen molar-refractivity contribution >= 4 is 5.65 Å². The van der Waals surface area contributed by atoms with E-state index in [1.54, 1.807) is 23.6 Å². The van der Waals surface area contributed by atoms with Gasteiger partial charge in [0, 0.05) is 17.0 Å². The van der Waals surface area contributed by atoms with Crippen molar-refractivity contribution < 1.29 is 28.1 Å². The molecule has 8 nitrogen and oxygen atoms in total. The molecule has 0 aliphatic rings. The van der Waals surface area contributed by atoms with Gasteiger partial charge in [0.15, 0.2) is 11.5 Å². The van der Waals surface area contributed by atoms with Crippen LogP contribution >= 0.6 is 0 Å². The molecule has 0 aliphatic carbocycles. The number of ether oxygens (including phenoxy) is 3. The minimum Gasteiger partial charge on any atom is -0.496 e. The SMILES string of the molecule is COc1ccccc1C(CO)COc1cncc2nnc(-c3ccc(OC(F)F)cc3)n12. The van der Waals surface area contributed by atoms with Gasteiger partial charge in [-0.05, 0) is 30.3 Å². The Morgan fingerprint density at radius 1 is 1.03 bits per heavy atom. The van der Waals surface area contributed by atoms with E-state index < -0.39 is 6.61 Å². The molecule has 4 aromatic rings. The summed E-state index contributed by atoms with van der Waals surface area (Å²) in [5.41, 5.74) is 1.89. The second kappa shape index (κ2) is 9.56. The normalized spacial score (nSPS) is 12.2. The molecule has 0 bridgehead atoms. The number of benzene rings is 2. The third-order valence-corrected chi connectivity index (χ3v) is 4.85. The average molecular weight is 442 g/mol. The summed E-state index contributed by atoms with van der Waals surface area (Å²) >= 11 is 0. The number of hydrogen-bond acceptors (Lipinski definition) is 7. The van der Waals surface area contributed by atoms with Crippen LogP contribution in [0.1, 0.15) is 11.5 Å². The van der Waals surface area contributed by atoms with Crippen molar-refractivity contribution in [1.29, 1.82) is 0 Å². The number of fused-ring (bicyclic) bond motifs is 1. The quantitative estimate of drug-likeness (QED) is 0.424. The van der Waals surface area contributed by atoms with Crippen LogP contribution in [0.25, 0.3) is 17.0 Å². The molecule has 0 amide bonds. The first kappa shape index (κ1) is 21.4. The summed E-state index contributed by atoms with van der Waals surface area (Å²) in [5.74, 6) is 1.16. The number of hydrogen-bond donors (Lipinski definition) is 1. The van der Waals surface area contributed by atoms with Gasteiger partial charge >= 0.3 is 6.61 Å². The zero-order valence-corrected chi connectivity index (χ0v) is 17.1. The summed E-state index contributed by atoms with van der Waals surface area (Å²) in [6, 6.07) is 13.5. The van der Waals surface area contributed by atoms with Gasteiger partial charge in [-0.25, -0.2) is 4.40 Å². The van der Waals surface area contributed by atoms with Crippen LogP contribution in [0.15, 0.2) is 60.9 Å². The number of aliphatic hydroxyl groups excluding tert-OH is 1. The van der Waals surface area contributed by atoms with Gasteiger partial charge in [0.2, 0.25) is 5.88 Å². The fourth-order valence-corrected chi connectivity index (χ4v) is 3.33. The van der Waals surface area contributed by atoms with Crippen LogP contribution in [-0.4, -0.2) is 51.6 Å². The second-order valence-electron chi connectivity index (χ2n) is 6.80. The maximum Gasteiger partial charge on any atom is 0.387 e. The average Bonchev–Trinajstić information content (AvgIpc) is 3.25. The molecule has 0 spiro atoms. The molecule has 0 fully saturated rings. The lowest BCUT2D eigenvalue weighted by atomic mass is 10.00. The molecule has 2 aromatic heterocycles. The first-order chi connectivity index (χ1) is 15.6. The molecule has 32 heavy (non-hydrogen) atoms. The summed E-state index contributed by atoms with van der Waals surface area (Å²) in [6.45, 7) is -2.90. The number of aromatic nitrogens is 4. The molecular formula is C22H20F2N4O4. The predicted octanol–water partition coefficient (Wildman–Crippen LogP) is 3.56. The Morgan fingerprint density at radius 2 is 1.81 bits per heavy atom. The van der Waals surface area contributed by atoms with Crippen LogP contribution in [0.5, 0.6) is 17.4 Å². The molecule has 1 N–H and O–H groups in total. The lowest BCUT2D eigenvalue weighted by molar-refractivity contribution is -0.0498. The van der Waals surface area contributed by atoms with Gasteiger partial charge in [-0.3, -0.25) is 4.98 Å². The monoisotopic (exact) mass is 442 g/mol. The number of aliphatic hydroxyl groups is 1. The summed E-state index contributed by atoms with van der Waals surface area (Å²) < 4.78 is 42.3. The fourth-order valence-electron chi connectivity index (χ4n) is 3.33. The van der Waals surface area contributed by atoms with Crippen molar-refractivity contribution in [2.24, 2.45) is 0 Å². The molecule has 166 valence electrons. The van der Waals surface area contributed by atoms with Crippen LogP contribution in [-0.2, 0) is 0 Å². The Hall–Kier alpha value is -3.79.